The normalized spacial score (nSPS) is 17.9. The maximum atomic E-state index is 4.50. The summed E-state index contributed by atoms with van der Waals surface area (Å²) in [7, 11) is 2.03. The summed E-state index contributed by atoms with van der Waals surface area (Å²) in [5.41, 5.74) is 2.62. The molecule has 0 amide bonds. The Bertz CT molecular complexity index is 501. The minimum absolute atomic E-state index is 0.219. The first kappa shape index (κ1) is 8.86. The fourth-order valence-electron chi connectivity index (χ4n) is 2.14. The van der Waals surface area contributed by atoms with Crippen LogP contribution in [0.5, 0.6) is 0 Å². The highest BCUT2D eigenvalue weighted by Crippen LogP contribution is 2.45. The van der Waals surface area contributed by atoms with E-state index in [4.69, 9.17) is 0 Å². The smallest absolute Gasteiger partial charge is 0.0702 e. The van der Waals surface area contributed by atoms with Crippen molar-refractivity contribution in [3.63, 3.8) is 0 Å². The molecule has 2 heteroatoms. The van der Waals surface area contributed by atoms with Gasteiger partial charge >= 0.3 is 0 Å². The number of benzene rings is 1. The van der Waals surface area contributed by atoms with Gasteiger partial charge in [0.15, 0.2) is 0 Å². The lowest BCUT2D eigenvalue weighted by atomic mass is 10.1. The highest BCUT2D eigenvalue weighted by Gasteiger charge is 2.42. The molecule has 1 N–H and O–H groups in total. The lowest BCUT2D eigenvalue weighted by molar-refractivity contribution is 0.584. The SMILES string of the molecule is CNC1(c2cnc3ccccc3c2)CC1. The average Bonchev–Trinajstić information content (AvgIpc) is 3.09. The second-order valence-corrected chi connectivity index (χ2v) is 4.25. The summed E-state index contributed by atoms with van der Waals surface area (Å²) in [4.78, 5) is 4.50. The van der Waals surface area contributed by atoms with Crippen molar-refractivity contribution in [2.24, 2.45) is 0 Å². The maximum Gasteiger partial charge on any atom is 0.0702 e. The molecule has 3 rings (SSSR count). The lowest BCUT2D eigenvalue weighted by Gasteiger charge is -2.14. The summed E-state index contributed by atoms with van der Waals surface area (Å²) in [5, 5.41) is 4.63. The van der Waals surface area contributed by atoms with Gasteiger partial charge in [-0.1, -0.05) is 18.2 Å². The van der Waals surface area contributed by atoms with Crippen LogP contribution < -0.4 is 5.32 Å². The largest absolute Gasteiger partial charge is 0.310 e. The number of nitrogens with zero attached hydrogens (tertiary/aromatic N) is 1. The number of aromatic nitrogens is 1. The van der Waals surface area contributed by atoms with Gasteiger partial charge in [-0.05, 0) is 37.6 Å². The Kier molecular flexibility index (Phi) is 1.80. The summed E-state index contributed by atoms with van der Waals surface area (Å²) >= 11 is 0. The number of para-hydroxylation sites is 1. The molecule has 2 nitrogen and oxygen atoms in total. The lowest BCUT2D eigenvalue weighted by Crippen LogP contribution is -2.24. The van der Waals surface area contributed by atoms with Gasteiger partial charge in [-0.2, -0.15) is 0 Å². The maximum absolute atomic E-state index is 4.50. The summed E-state index contributed by atoms with van der Waals surface area (Å²) < 4.78 is 0. The monoisotopic (exact) mass is 198 g/mol. The van der Waals surface area contributed by atoms with Gasteiger partial charge in [0, 0.05) is 17.1 Å². The molecule has 1 fully saturated rings. The molecule has 0 saturated heterocycles. The van der Waals surface area contributed by atoms with Crippen molar-refractivity contribution in [1.29, 1.82) is 0 Å². The molecule has 0 aliphatic heterocycles. The van der Waals surface area contributed by atoms with Crippen LogP contribution in [-0.4, -0.2) is 12.0 Å². The van der Waals surface area contributed by atoms with Gasteiger partial charge in [0.1, 0.15) is 0 Å². The standard InChI is InChI=1S/C13H14N2/c1-14-13(6-7-13)11-8-10-4-2-3-5-12(10)15-9-11/h2-5,8-9,14H,6-7H2,1H3. The Labute approximate surface area is 89.3 Å². The van der Waals surface area contributed by atoms with Gasteiger partial charge in [-0.15, -0.1) is 0 Å². The quantitative estimate of drug-likeness (QED) is 0.801. The van der Waals surface area contributed by atoms with E-state index in [0.29, 0.717) is 0 Å². The summed E-state index contributed by atoms with van der Waals surface area (Å²) in [6.07, 6.45) is 4.46. The molecule has 1 aromatic carbocycles. The van der Waals surface area contributed by atoms with Crippen molar-refractivity contribution in [2.75, 3.05) is 7.05 Å². The Balaban J connectivity index is 2.14. The Hall–Kier alpha value is -1.41. The Morgan fingerprint density at radius 1 is 1.27 bits per heavy atom. The molecule has 1 aliphatic carbocycles. The number of rotatable bonds is 2. The highest BCUT2D eigenvalue weighted by molar-refractivity contribution is 5.79. The van der Waals surface area contributed by atoms with Crippen molar-refractivity contribution >= 4 is 10.9 Å². The van der Waals surface area contributed by atoms with E-state index in [9.17, 15) is 0 Å². The minimum atomic E-state index is 0.219. The van der Waals surface area contributed by atoms with Crippen LogP contribution in [0.25, 0.3) is 10.9 Å². The Morgan fingerprint density at radius 3 is 2.80 bits per heavy atom. The average molecular weight is 198 g/mol. The van der Waals surface area contributed by atoms with Crippen LogP contribution in [0.3, 0.4) is 0 Å². The van der Waals surface area contributed by atoms with Crippen molar-refractivity contribution in [1.82, 2.24) is 10.3 Å². The molecule has 0 unspecified atom stereocenters. The van der Waals surface area contributed by atoms with E-state index < -0.39 is 0 Å². The van der Waals surface area contributed by atoms with Gasteiger partial charge in [-0.25, -0.2) is 0 Å². The predicted molar refractivity (Wildman–Crippen MR) is 61.7 cm³/mol. The molecule has 15 heavy (non-hydrogen) atoms. The molecular formula is C13H14N2. The molecule has 1 aromatic heterocycles. The molecule has 0 spiro atoms. The topological polar surface area (TPSA) is 24.9 Å². The summed E-state index contributed by atoms with van der Waals surface area (Å²) in [6, 6.07) is 10.5. The van der Waals surface area contributed by atoms with Crippen LogP contribution in [-0.2, 0) is 5.54 Å². The van der Waals surface area contributed by atoms with Gasteiger partial charge < -0.3 is 5.32 Å². The van der Waals surface area contributed by atoms with Gasteiger partial charge in [0.05, 0.1) is 5.52 Å². The van der Waals surface area contributed by atoms with E-state index in [1.54, 1.807) is 0 Å². The second-order valence-electron chi connectivity index (χ2n) is 4.25. The first-order valence-corrected chi connectivity index (χ1v) is 5.38. The number of nitrogens with one attached hydrogen (secondary N) is 1. The van der Waals surface area contributed by atoms with Gasteiger partial charge in [0.25, 0.3) is 0 Å². The third-order valence-corrected chi connectivity index (χ3v) is 3.37. The third-order valence-electron chi connectivity index (χ3n) is 3.37. The van der Waals surface area contributed by atoms with Crippen LogP contribution in [0.2, 0.25) is 0 Å². The van der Waals surface area contributed by atoms with Crippen molar-refractivity contribution in [3.05, 3.63) is 42.1 Å². The molecule has 0 atom stereocenters. The van der Waals surface area contributed by atoms with E-state index >= 15 is 0 Å². The zero-order valence-electron chi connectivity index (χ0n) is 8.83. The van der Waals surface area contributed by atoms with E-state index in [1.807, 2.05) is 19.3 Å². The van der Waals surface area contributed by atoms with Crippen LogP contribution in [0, 0.1) is 0 Å². The summed E-state index contributed by atoms with van der Waals surface area (Å²) in [5.74, 6) is 0. The molecule has 2 aromatic rings. The minimum Gasteiger partial charge on any atom is -0.310 e. The molecule has 1 aliphatic rings. The van der Waals surface area contributed by atoms with Crippen molar-refractivity contribution < 1.29 is 0 Å². The van der Waals surface area contributed by atoms with Crippen molar-refractivity contribution in [3.8, 4) is 0 Å². The number of hydrogen-bond acceptors (Lipinski definition) is 2. The van der Waals surface area contributed by atoms with Crippen LogP contribution >= 0.6 is 0 Å². The van der Waals surface area contributed by atoms with E-state index in [0.717, 1.165) is 5.52 Å². The first-order valence-electron chi connectivity index (χ1n) is 5.38. The fraction of sp³-hybridized carbons (Fsp3) is 0.308. The molecule has 1 saturated carbocycles. The van der Waals surface area contributed by atoms with Crippen LogP contribution in [0.1, 0.15) is 18.4 Å². The number of fused-ring (bicyclic) bond motifs is 1. The molecular weight excluding hydrogens is 184 g/mol. The van der Waals surface area contributed by atoms with Crippen LogP contribution in [0.15, 0.2) is 36.5 Å². The fourth-order valence-corrected chi connectivity index (χ4v) is 2.14. The second kappa shape index (κ2) is 3.04. The molecule has 76 valence electrons. The van der Waals surface area contributed by atoms with E-state index in [2.05, 4.69) is 34.6 Å². The summed E-state index contributed by atoms with van der Waals surface area (Å²) in [6.45, 7) is 0. The van der Waals surface area contributed by atoms with E-state index in [1.165, 1.54) is 23.8 Å². The van der Waals surface area contributed by atoms with E-state index in [-0.39, 0.29) is 5.54 Å². The molecule has 0 radical (unpaired) electrons. The number of pyridine rings is 1. The van der Waals surface area contributed by atoms with Gasteiger partial charge in [-0.3, -0.25) is 4.98 Å². The van der Waals surface area contributed by atoms with Crippen molar-refractivity contribution in [2.45, 2.75) is 18.4 Å². The zero-order valence-corrected chi connectivity index (χ0v) is 8.83. The molecule has 0 bridgehead atoms. The number of hydrogen-bond donors (Lipinski definition) is 1. The third kappa shape index (κ3) is 1.33. The first-order chi connectivity index (χ1) is 7.34. The van der Waals surface area contributed by atoms with Gasteiger partial charge in [0.2, 0.25) is 0 Å². The van der Waals surface area contributed by atoms with Crippen LogP contribution in [0.4, 0.5) is 0 Å². The molecule has 1 heterocycles. The highest BCUT2D eigenvalue weighted by atomic mass is 15.0. The predicted octanol–water partition coefficient (Wildman–Crippen LogP) is 2.44. The Morgan fingerprint density at radius 2 is 2.07 bits per heavy atom. The zero-order chi connectivity index (χ0) is 10.3.